The second-order valence-corrected chi connectivity index (χ2v) is 12.9. The molecule has 0 saturated carbocycles. The Balaban J connectivity index is 1.81. The molecule has 0 bridgehead atoms. The SMILES string of the molecule is COC1(CNS(=O)(=O)C(F)(F)F)CCN(S(=O)(=O)c2ccc(Cl)cc2Sc2ccccc2F)CC1. The van der Waals surface area contributed by atoms with Gasteiger partial charge in [-0.25, -0.2) is 25.9 Å². The molecule has 0 aromatic heterocycles. The summed E-state index contributed by atoms with van der Waals surface area (Å²) in [6, 6.07) is 9.93. The molecule has 1 saturated heterocycles. The number of ether oxygens (including phenoxy) is 1. The first kappa shape index (κ1) is 28.2. The molecule has 1 heterocycles. The van der Waals surface area contributed by atoms with E-state index in [1.807, 2.05) is 0 Å². The fourth-order valence-corrected chi connectivity index (χ4v) is 7.15. The van der Waals surface area contributed by atoms with Crippen LogP contribution in [-0.4, -0.2) is 59.0 Å². The van der Waals surface area contributed by atoms with Crippen molar-refractivity contribution in [2.75, 3.05) is 26.7 Å². The van der Waals surface area contributed by atoms with Gasteiger partial charge >= 0.3 is 15.5 Å². The molecule has 0 unspecified atom stereocenters. The monoisotopic (exact) mass is 576 g/mol. The van der Waals surface area contributed by atoms with Crippen molar-refractivity contribution in [2.45, 2.75) is 38.6 Å². The van der Waals surface area contributed by atoms with E-state index in [9.17, 15) is 34.4 Å². The Morgan fingerprint density at radius 1 is 1.09 bits per heavy atom. The Morgan fingerprint density at radius 2 is 1.71 bits per heavy atom. The number of nitrogens with zero attached hydrogens (tertiary/aromatic N) is 1. The van der Waals surface area contributed by atoms with Gasteiger partial charge in [-0.05, 0) is 43.2 Å². The van der Waals surface area contributed by atoms with Crippen molar-refractivity contribution in [3.05, 3.63) is 53.3 Å². The minimum atomic E-state index is -5.58. The number of nitrogens with one attached hydrogen (secondary N) is 1. The third-order valence-electron chi connectivity index (χ3n) is 5.54. The summed E-state index contributed by atoms with van der Waals surface area (Å²) in [6.07, 6.45) is -0.126. The van der Waals surface area contributed by atoms with Gasteiger partial charge in [0.15, 0.2) is 0 Å². The highest BCUT2D eigenvalue weighted by Crippen LogP contribution is 2.38. The Labute approximate surface area is 209 Å². The Hall–Kier alpha value is -1.42. The number of hydrogen-bond donors (Lipinski definition) is 1. The quantitative estimate of drug-likeness (QED) is 0.473. The number of alkyl halides is 3. The topological polar surface area (TPSA) is 92.8 Å². The summed E-state index contributed by atoms with van der Waals surface area (Å²) in [4.78, 5) is 0.280. The maximum Gasteiger partial charge on any atom is 0.511 e. The van der Waals surface area contributed by atoms with Crippen molar-refractivity contribution in [3.63, 3.8) is 0 Å². The zero-order chi connectivity index (χ0) is 26.1. The summed E-state index contributed by atoms with van der Waals surface area (Å²) in [5, 5.41) is 0.247. The molecule has 1 fully saturated rings. The summed E-state index contributed by atoms with van der Waals surface area (Å²) >= 11 is 6.94. The van der Waals surface area contributed by atoms with E-state index in [4.69, 9.17) is 16.3 Å². The first-order chi connectivity index (χ1) is 16.2. The summed E-state index contributed by atoms with van der Waals surface area (Å²) < 4.78 is 110. The van der Waals surface area contributed by atoms with Crippen molar-refractivity contribution < 1.29 is 39.1 Å². The van der Waals surface area contributed by atoms with Crippen molar-refractivity contribution in [3.8, 4) is 0 Å². The lowest BCUT2D eigenvalue weighted by atomic mass is 9.92. The standard InChI is InChI=1S/C20H21ClF4N2O5S3/c1-32-19(13-26-35(30,31)20(23,24)25)8-10-27(11-9-19)34(28,29)18-7-6-14(21)12-17(18)33-16-5-3-2-4-15(16)22/h2-7,12,26H,8-11,13H2,1H3. The highest BCUT2D eigenvalue weighted by molar-refractivity contribution is 8.00. The van der Waals surface area contributed by atoms with Crippen LogP contribution in [0.5, 0.6) is 0 Å². The molecule has 0 spiro atoms. The van der Waals surface area contributed by atoms with Gasteiger partial charge < -0.3 is 4.74 Å². The van der Waals surface area contributed by atoms with Gasteiger partial charge in [0.05, 0.1) is 10.5 Å². The number of rotatable bonds is 8. The maximum atomic E-state index is 14.2. The summed E-state index contributed by atoms with van der Waals surface area (Å²) in [6.45, 7) is -0.957. The molecule has 0 amide bonds. The maximum absolute atomic E-state index is 14.2. The molecule has 194 valence electrons. The van der Waals surface area contributed by atoms with E-state index < -0.39 is 43.5 Å². The van der Waals surface area contributed by atoms with E-state index in [-0.39, 0.29) is 45.6 Å². The largest absolute Gasteiger partial charge is 0.511 e. The second-order valence-electron chi connectivity index (χ2n) is 7.69. The van der Waals surface area contributed by atoms with Crippen LogP contribution in [0.4, 0.5) is 17.6 Å². The van der Waals surface area contributed by atoms with Crippen LogP contribution in [0, 0.1) is 5.82 Å². The van der Waals surface area contributed by atoms with Crippen molar-refractivity contribution >= 4 is 43.4 Å². The normalized spacial score (nSPS) is 17.4. The molecule has 0 atom stereocenters. The minimum Gasteiger partial charge on any atom is -0.377 e. The lowest BCUT2D eigenvalue weighted by Gasteiger charge is -2.40. The zero-order valence-corrected chi connectivity index (χ0v) is 21.4. The molecule has 1 N–H and O–H groups in total. The van der Waals surface area contributed by atoms with Crippen LogP contribution in [0.3, 0.4) is 0 Å². The molecule has 15 heteroatoms. The number of halogens is 5. The number of sulfonamides is 2. The average Bonchev–Trinajstić information content (AvgIpc) is 2.79. The van der Waals surface area contributed by atoms with E-state index in [0.717, 1.165) is 16.1 Å². The van der Waals surface area contributed by atoms with E-state index in [2.05, 4.69) is 0 Å². The third-order valence-corrected chi connectivity index (χ3v) is 10.1. The summed E-state index contributed by atoms with van der Waals surface area (Å²) in [7, 11) is -8.47. The first-order valence-corrected chi connectivity index (χ1v) is 14.2. The predicted molar refractivity (Wildman–Crippen MR) is 123 cm³/mol. The molecule has 0 aliphatic carbocycles. The van der Waals surface area contributed by atoms with Crippen LogP contribution in [-0.2, 0) is 24.8 Å². The van der Waals surface area contributed by atoms with Crippen molar-refractivity contribution in [2.24, 2.45) is 0 Å². The first-order valence-electron chi connectivity index (χ1n) is 10.0. The number of hydrogen-bond acceptors (Lipinski definition) is 6. The summed E-state index contributed by atoms with van der Waals surface area (Å²) in [5.74, 6) is -0.537. The minimum absolute atomic E-state index is 0.0630. The Bertz CT molecular complexity index is 1280. The summed E-state index contributed by atoms with van der Waals surface area (Å²) in [5.41, 5.74) is -6.80. The van der Waals surface area contributed by atoms with Crippen LogP contribution in [0.1, 0.15) is 12.8 Å². The van der Waals surface area contributed by atoms with Gasteiger partial charge in [-0.3, -0.25) is 0 Å². The molecule has 0 radical (unpaired) electrons. The van der Waals surface area contributed by atoms with E-state index in [1.54, 1.807) is 6.07 Å². The number of piperidine rings is 1. The number of methoxy groups -OCH3 is 1. The smallest absolute Gasteiger partial charge is 0.377 e. The molecule has 7 nitrogen and oxygen atoms in total. The predicted octanol–water partition coefficient (Wildman–Crippen LogP) is 4.24. The Kier molecular flexibility index (Phi) is 8.46. The molecular weight excluding hydrogens is 556 g/mol. The van der Waals surface area contributed by atoms with E-state index in [1.165, 1.54) is 48.2 Å². The van der Waals surface area contributed by atoms with Crippen LogP contribution >= 0.6 is 23.4 Å². The second kappa shape index (κ2) is 10.5. The van der Waals surface area contributed by atoms with Gasteiger partial charge in [-0.2, -0.15) is 17.5 Å². The highest BCUT2D eigenvalue weighted by atomic mass is 35.5. The van der Waals surface area contributed by atoms with Crippen LogP contribution in [0.25, 0.3) is 0 Å². The van der Waals surface area contributed by atoms with Crippen molar-refractivity contribution in [1.29, 1.82) is 0 Å². The molecule has 3 rings (SSSR count). The third kappa shape index (κ3) is 6.29. The molecule has 2 aromatic carbocycles. The fourth-order valence-electron chi connectivity index (χ4n) is 3.46. The molecular formula is C20H21ClF4N2O5S3. The lowest BCUT2D eigenvalue weighted by molar-refractivity contribution is -0.0514. The number of benzene rings is 2. The van der Waals surface area contributed by atoms with Crippen LogP contribution < -0.4 is 4.72 Å². The average molecular weight is 577 g/mol. The highest BCUT2D eigenvalue weighted by Gasteiger charge is 2.48. The molecule has 2 aromatic rings. The van der Waals surface area contributed by atoms with E-state index >= 15 is 0 Å². The van der Waals surface area contributed by atoms with Gasteiger partial charge in [0.2, 0.25) is 10.0 Å². The molecule has 35 heavy (non-hydrogen) atoms. The van der Waals surface area contributed by atoms with Crippen LogP contribution in [0.2, 0.25) is 5.02 Å². The van der Waals surface area contributed by atoms with Gasteiger partial charge in [0.1, 0.15) is 5.82 Å². The molecule has 1 aliphatic rings. The van der Waals surface area contributed by atoms with E-state index in [0.29, 0.717) is 0 Å². The van der Waals surface area contributed by atoms with Gasteiger partial charge in [-0.15, -0.1) is 0 Å². The lowest BCUT2D eigenvalue weighted by Crippen LogP contribution is -2.54. The van der Waals surface area contributed by atoms with Crippen molar-refractivity contribution in [1.82, 2.24) is 9.03 Å². The Morgan fingerprint density at radius 3 is 2.29 bits per heavy atom. The van der Waals surface area contributed by atoms with Crippen LogP contribution in [0.15, 0.2) is 57.2 Å². The fraction of sp³-hybridized carbons (Fsp3) is 0.400. The van der Waals surface area contributed by atoms with Gasteiger partial charge in [0.25, 0.3) is 0 Å². The molecule has 1 aliphatic heterocycles. The zero-order valence-electron chi connectivity index (χ0n) is 18.2. The van der Waals surface area contributed by atoms with Gasteiger partial charge in [-0.1, -0.05) is 35.5 Å². The van der Waals surface area contributed by atoms with Gasteiger partial charge in [0, 0.05) is 41.6 Å².